The Hall–Kier alpha value is -1.92. The number of aliphatic hydroxyl groups is 2. The van der Waals surface area contributed by atoms with Crippen LogP contribution in [0.25, 0.3) is 0 Å². The molecule has 0 saturated carbocycles. The number of aromatic hydroxyl groups is 1. The van der Waals surface area contributed by atoms with Crippen molar-refractivity contribution in [2.45, 2.75) is 18.9 Å². The van der Waals surface area contributed by atoms with Crippen LogP contribution in [0.3, 0.4) is 0 Å². The van der Waals surface area contributed by atoms with Crippen molar-refractivity contribution in [2.24, 2.45) is 10.7 Å². The molecule has 0 amide bonds. The van der Waals surface area contributed by atoms with Crippen LogP contribution >= 0.6 is 7.75 Å². The lowest BCUT2D eigenvalue weighted by Gasteiger charge is -2.22. The van der Waals surface area contributed by atoms with Crippen LogP contribution in [0.5, 0.6) is 5.75 Å². The van der Waals surface area contributed by atoms with Gasteiger partial charge < -0.3 is 25.1 Å². The van der Waals surface area contributed by atoms with E-state index in [1.807, 2.05) is 0 Å². The topological polar surface area (TPSA) is 131 Å². The van der Waals surface area contributed by atoms with Crippen molar-refractivity contribution in [1.82, 2.24) is 0 Å². The van der Waals surface area contributed by atoms with E-state index in [0.29, 0.717) is 12.8 Å². The van der Waals surface area contributed by atoms with E-state index in [0.717, 1.165) is 11.6 Å². The van der Waals surface area contributed by atoms with E-state index >= 15 is 0 Å². The Bertz CT molecular complexity index is 688. The molecule has 1 aliphatic rings. The Kier molecular flexibility index (Phi) is 5.38. The van der Waals surface area contributed by atoms with Gasteiger partial charge in [-0.1, -0.05) is 18.2 Å². The molecule has 0 aliphatic heterocycles. The van der Waals surface area contributed by atoms with Crippen LogP contribution in [0.1, 0.15) is 12.0 Å². The predicted molar refractivity (Wildman–Crippen MR) is 85.3 cm³/mol. The van der Waals surface area contributed by atoms with Crippen molar-refractivity contribution in [3.63, 3.8) is 0 Å². The van der Waals surface area contributed by atoms with Crippen molar-refractivity contribution in [3.8, 4) is 5.75 Å². The van der Waals surface area contributed by atoms with E-state index in [1.54, 1.807) is 24.3 Å². The lowest BCUT2D eigenvalue weighted by atomic mass is 9.89. The lowest BCUT2D eigenvalue weighted by molar-refractivity contribution is 0.146. The van der Waals surface area contributed by atoms with Gasteiger partial charge in [-0.25, -0.2) is 4.57 Å². The summed E-state index contributed by atoms with van der Waals surface area (Å²) < 4.78 is 14.3. The molecule has 0 saturated heterocycles. The zero-order valence-corrected chi connectivity index (χ0v) is 13.0. The zero-order valence-electron chi connectivity index (χ0n) is 12.1. The van der Waals surface area contributed by atoms with Crippen LogP contribution in [0.15, 0.2) is 53.0 Å². The molecular formula is C15H18NO6P. The van der Waals surface area contributed by atoms with E-state index < -0.39 is 19.8 Å². The fraction of sp³-hybridized carbons (Fsp3) is 0.267. The monoisotopic (exact) mass is 339 g/mol. The summed E-state index contributed by atoms with van der Waals surface area (Å²) in [5, 5.41) is 29.0. The highest BCUT2D eigenvalue weighted by atomic mass is 31.2. The second-order valence-corrected chi connectivity index (χ2v) is 6.49. The SMILES string of the molecule is O=P(O)(O)/N=C1\C=C(O)C=CC1C(O)CCc1ccc(O)cc1. The molecule has 1 aromatic carbocycles. The van der Waals surface area contributed by atoms with Crippen molar-refractivity contribution in [3.05, 3.63) is 53.8 Å². The Balaban J connectivity index is 2.09. The summed E-state index contributed by atoms with van der Waals surface area (Å²) in [6.45, 7) is 0. The third kappa shape index (κ3) is 5.33. The first-order valence-corrected chi connectivity index (χ1v) is 8.51. The average molecular weight is 339 g/mol. The van der Waals surface area contributed by atoms with Crippen LogP contribution in [-0.2, 0) is 11.0 Å². The average Bonchev–Trinajstić information content (AvgIpc) is 2.45. The number of phenols is 1. The molecule has 1 aliphatic carbocycles. The van der Waals surface area contributed by atoms with E-state index in [-0.39, 0.29) is 17.2 Å². The molecule has 8 heteroatoms. The molecule has 2 unspecified atom stereocenters. The fourth-order valence-electron chi connectivity index (χ4n) is 2.32. The first-order valence-electron chi connectivity index (χ1n) is 6.95. The van der Waals surface area contributed by atoms with E-state index in [4.69, 9.17) is 9.79 Å². The quantitative estimate of drug-likeness (QED) is 0.520. The zero-order chi connectivity index (χ0) is 17.0. The van der Waals surface area contributed by atoms with Crippen LogP contribution < -0.4 is 0 Å². The Labute approximate surface area is 133 Å². The maximum Gasteiger partial charge on any atom is 0.448 e. The molecule has 124 valence electrons. The van der Waals surface area contributed by atoms with Crippen LogP contribution in [0.4, 0.5) is 0 Å². The summed E-state index contributed by atoms with van der Waals surface area (Å²) in [6.07, 6.45) is 3.88. The van der Waals surface area contributed by atoms with Gasteiger partial charge in [0, 0.05) is 12.0 Å². The van der Waals surface area contributed by atoms with Crippen LogP contribution in [0, 0.1) is 5.92 Å². The minimum absolute atomic E-state index is 0.0588. The molecule has 7 nitrogen and oxygen atoms in total. The second-order valence-electron chi connectivity index (χ2n) is 5.26. The van der Waals surface area contributed by atoms with Gasteiger partial charge in [-0.2, -0.15) is 4.76 Å². The highest BCUT2D eigenvalue weighted by molar-refractivity contribution is 7.50. The number of aryl methyl sites for hydroxylation is 1. The molecule has 5 N–H and O–H groups in total. The van der Waals surface area contributed by atoms with E-state index in [1.165, 1.54) is 12.2 Å². The number of rotatable bonds is 5. The van der Waals surface area contributed by atoms with Gasteiger partial charge in [0.25, 0.3) is 0 Å². The molecule has 0 fully saturated rings. The third-order valence-electron chi connectivity index (χ3n) is 3.44. The summed E-state index contributed by atoms with van der Waals surface area (Å²) in [4.78, 5) is 17.9. The normalized spacial score (nSPS) is 21.3. The standard InChI is InChI=1S/C15H18NO6P/c17-11-4-1-10(2-5-11)3-8-15(19)13-7-6-12(18)9-14(13)16-23(20,21)22/h1-2,4-7,9,13,15,17-19H,3,8H2,(H2,20,21,22)/b16-14+. The number of nitrogens with zero attached hydrogens (tertiary/aromatic N) is 1. The summed E-state index contributed by atoms with van der Waals surface area (Å²) in [5.74, 6) is -0.740. The molecular weight excluding hydrogens is 321 g/mol. The third-order valence-corrected chi connectivity index (χ3v) is 3.93. The summed E-state index contributed by atoms with van der Waals surface area (Å²) in [5.41, 5.74) is 0.852. The predicted octanol–water partition coefficient (Wildman–Crippen LogP) is 1.85. The molecule has 0 radical (unpaired) electrons. The number of hydrogen-bond acceptors (Lipinski definition) is 4. The number of aliphatic hydroxyl groups excluding tert-OH is 2. The lowest BCUT2D eigenvalue weighted by Crippen LogP contribution is -2.28. The van der Waals surface area contributed by atoms with E-state index in [2.05, 4.69) is 4.76 Å². The molecule has 0 bridgehead atoms. The number of allylic oxidation sites excluding steroid dienone is 2. The highest BCUT2D eigenvalue weighted by Gasteiger charge is 2.26. The van der Waals surface area contributed by atoms with Crippen molar-refractivity contribution in [1.29, 1.82) is 0 Å². The van der Waals surface area contributed by atoms with Crippen LogP contribution in [-0.4, -0.2) is 36.9 Å². The fourth-order valence-corrected chi connectivity index (χ4v) is 2.82. The van der Waals surface area contributed by atoms with Crippen molar-refractivity contribution in [2.75, 3.05) is 0 Å². The van der Waals surface area contributed by atoms with Crippen molar-refractivity contribution < 1.29 is 29.7 Å². The van der Waals surface area contributed by atoms with Gasteiger partial charge in [0.15, 0.2) is 0 Å². The smallest absolute Gasteiger partial charge is 0.448 e. The Morgan fingerprint density at radius 1 is 1.17 bits per heavy atom. The molecule has 1 aromatic rings. The first kappa shape index (κ1) is 17.4. The van der Waals surface area contributed by atoms with E-state index in [9.17, 15) is 19.9 Å². The van der Waals surface area contributed by atoms with Crippen LogP contribution in [0.2, 0.25) is 0 Å². The molecule has 2 atom stereocenters. The van der Waals surface area contributed by atoms with Gasteiger partial charge in [0.2, 0.25) is 0 Å². The Morgan fingerprint density at radius 2 is 1.83 bits per heavy atom. The second kappa shape index (κ2) is 7.10. The summed E-state index contributed by atoms with van der Waals surface area (Å²) >= 11 is 0. The summed E-state index contributed by atoms with van der Waals surface area (Å²) in [7, 11) is -4.66. The maximum atomic E-state index is 11.1. The Morgan fingerprint density at radius 3 is 2.43 bits per heavy atom. The first-order chi connectivity index (χ1) is 10.7. The number of benzene rings is 1. The molecule has 0 aromatic heterocycles. The van der Waals surface area contributed by atoms with Gasteiger partial charge in [-0.05, 0) is 36.6 Å². The van der Waals surface area contributed by atoms with Gasteiger partial charge >= 0.3 is 7.75 Å². The molecule has 0 spiro atoms. The number of phenolic OH excluding ortho intramolecular Hbond substituents is 1. The van der Waals surface area contributed by atoms with Gasteiger partial charge in [-0.15, -0.1) is 0 Å². The largest absolute Gasteiger partial charge is 0.508 e. The van der Waals surface area contributed by atoms with Gasteiger partial charge in [-0.3, -0.25) is 0 Å². The van der Waals surface area contributed by atoms with Crippen molar-refractivity contribution >= 4 is 13.5 Å². The number of hydrogen-bond donors (Lipinski definition) is 5. The highest BCUT2D eigenvalue weighted by Crippen LogP contribution is 2.38. The minimum Gasteiger partial charge on any atom is -0.508 e. The maximum absolute atomic E-state index is 11.1. The van der Waals surface area contributed by atoms with Gasteiger partial charge in [0.1, 0.15) is 11.5 Å². The molecule has 2 rings (SSSR count). The minimum atomic E-state index is -4.66. The van der Waals surface area contributed by atoms with Gasteiger partial charge in [0.05, 0.1) is 11.8 Å². The summed E-state index contributed by atoms with van der Waals surface area (Å²) in [6, 6.07) is 6.55. The molecule has 23 heavy (non-hydrogen) atoms. The molecule has 0 heterocycles.